The molecule has 0 radical (unpaired) electrons. The highest BCUT2D eigenvalue weighted by Gasteiger charge is 2.16. The van der Waals surface area contributed by atoms with Gasteiger partial charge >= 0.3 is 0 Å². The van der Waals surface area contributed by atoms with Crippen molar-refractivity contribution in [1.29, 1.82) is 0 Å². The lowest BCUT2D eigenvalue weighted by Crippen LogP contribution is -2.21. The number of nitrogens with zero attached hydrogens (tertiary/aromatic N) is 1. The van der Waals surface area contributed by atoms with Gasteiger partial charge in [0.1, 0.15) is 12.4 Å². The lowest BCUT2D eigenvalue weighted by atomic mass is 9.99. The quantitative estimate of drug-likeness (QED) is 0.547. The molecule has 0 fully saturated rings. The van der Waals surface area contributed by atoms with Crippen molar-refractivity contribution in [2.75, 3.05) is 33.0 Å². The molecule has 0 spiro atoms. The number of fused-ring (bicyclic) bond motifs is 1. The lowest BCUT2D eigenvalue weighted by molar-refractivity contribution is 0.263. The van der Waals surface area contributed by atoms with Crippen molar-refractivity contribution < 1.29 is 13.2 Å². The van der Waals surface area contributed by atoms with Crippen LogP contribution in [-0.2, 0) is 9.84 Å². The summed E-state index contributed by atoms with van der Waals surface area (Å²) in [6.07, 6.45) is 3.52. The van der Waals surface area contributed by atoms with E-state index in [1.165, 1.54) is 0 Å². The maximum atomic E-state index is 12.5. The van der Waals surface area contributed by atoms with Gasteiger partial charge in [0.15, 0.2) is 9.84 Å². The Morgan fingerprint density at radius 2 is 2.00 bits per heavy atom. The van der Waals surface area contributed by atoms with Crippen LogP contribution in [0.25, 0.3) is 34.7 Å². The fraction of sp³-hybridized carbons (Fsp3) is 0.280. The number of benzene rings is 2. The number of rotatable bonds is 8. The third kappa shape index (κ3) is 4.89. The predicted octanol–water partition coefficient (Wildman–Crippen LogP) is 2.62. The molecule has 0 aliphatic heterocycles. The van der Waals surface area contributed by atoms with Crippen LogP contribution in [0.5, 0.6) is 5.75 Å². The van der Waals surface area contributed by atoms with Crippen molar-refractivity contribution in [3.8, 4) is 16.9 Å². The van der Waals surface area contributed by atoms with Gasteiger partial charge in [0.25, 0.3) is 0 Å². The van der Waals surface area contributed by atoms with E-state index >= 15 is 0 Å². The van der Waals surface area contributed by atoms with Crippen LogP contribution >= 0.6 is 0 Å². The molecule has 0 saturated carbocycles. The number of aromatic amines is 1. The number of sulfone groups is 1. The van der Waals surface area contributed by atoms with E-state index in [1.54, 1.807) is 31.3 Å². The maximum absolute atomic E-state index is 12.5. The van der Waals surface area contributed by atoms with Crippen LogP contribution in [0.4, 0.5) is 0 Å². The van der Waals surface area contributed by atoms with Crippen LogP contribution in [0.2, 0.25) is 0 Å². The SMILES string of the molecule is C=c1[nH]c2c(OCCN(C)C)ccc(-c3cccc(S(=O)(=O)CC)c3)c2/c1=C/C(C)=C\N. The summed E-state index contributed by atoms with van der Waals surface area (Å²) in [5.41, 5.74) is 9.15. The van der Waals surface area contributed by atoms with E-state index in [9.17, 15) is 8.42 Å². The Morgan fingerprint density at radius 3 is 2.66 bits per heavy atom. The Morgan fingerprint density at radius 1 is 1.25 bits per heavy atom. The van der Waals surface area contributed by atoms with Crippen LogP contribution < -0.4 is 21.0 Å². The summed E-state index contributed by atoms with van der Waals surface area (Å²) in [6.45, 7) is 9.08. The van der Waals surface area contributed by atoms with Crippen LogP contribution in [0.15, 0.2) is 53.1 Å². The average molecular weight is 454 g/mol. The van der Waals surface area contributed by atoms with Gasteiger partial charge in [-0.1, -0.05) is 25.6 Å². The van der Waals surface area contributed by atoms with Crippen molar-refractivity contribution in [3.63, 3.8) is 0 Å². The van der Waals surface area contributed by atoms with Crippen molar-refractivity contribution >= 4 is 33.4 Å². The normalized spacial score (nSPS) is 13.3. The molecule has 3 aromatic rings. The summed E-state index contributed by atoms with van der Waals surface area (Å²) in [7, 11) is 0.673. The zero-order valence-electron chi connectivity index (χ0n) is 19.1. The molecular weight excluding hydrogens is 422 g/mol. The number of nitrogens with one attached hydrogen (secondary N) is 1. The van der Waals surface area contributed by atoms with Gasteiger partial charge in [-0.15, -0.1) is 0 Å². The van der Waals surface area contributed by atoms with E-state index < -0.39 is 9.84 Å². The topological polar surface area (TPSA) is 88.4 Å². The Bertz CT molecular complexity index is 1370. The number of likely N-dealkylation sites (N-methyl/N-ethyl adjacent to an activating group) is 1. The molecule has 0 bridgehead atoms. The fourth-order valence-electron chi connectivity index (χ4n) is 3.51. The largest absolute Gasteiger partial charge is 0.490 e. The third-order valence-corrected chi connectivity index (χ3v) is 7.08. The first-order chi connectivity index (χ1) is 15.2. The zero-order valence-corrected chi connectivity index (χ0v) is 19.9. The molecule has 7 heteroatoms. The summed E-state index contributed by atoms with van der Waals surface area (Å²) in [6, 6.07) is 10.9. The number of hydrogen-bond donors (Lipinski definition) is 2. The first-order valence-electron chi connectivity index (χ1n) is 10.5. The van der Waals surface area contributed by atoms with Gasteiger partial charge in [0.05, 0.1) is 16.2 Å². The second-order valence-electron chi connectivity index (χ2n) is 8.02. The minimum absolute atomic E-state index is 0.0528. The Balaban J connectivity index is 2.29. The van der Waals surface area contributed by atoms with E-state index in [-0.39, 0.29) is 5.75 Å². The average Bonchev–Trinajstić information content (AvgIpc) is 3.09. The van der Waals surface area contributed by atoms with Gasteiger partial charge in [-0.25, -0.2) is 8.42 Å². The number of H-pyrrole nitrogens is 1. The maximum Gasteiger partial charge on any atom is 0.178 e. The van der Waals surface area contributed by atoms with E-state index in [0.29, 0.717) is 11.5 Å². The molecule has 3 N–H and O–H groups in total. The first kappa shape index (κ1) is 23.6. The molecule has 0 saturated heterocycles. The molecule has 0 amide bonds. The number of aromatic nitrogens is 1. The highest BCUT2D eigenvalue weighted by molar-refractivity contribution is 7.91. The van der Waals surface area contributed by atoms with Crippen LogP contribution in [0.3, 0.4) is 0 Å². The minimum Gasteiger partial charge on any atom is -0.490 e. The van der Waals surface area contributed by atoms with E-state index in [2.05, 4.69) is 16.5 Å². The molecule has 0 unspecified atom stereocenters. The standard InChI is InChI=1S/C25H31N3O3S/c1-6-32(29,30)20-9-7-8-19(15-20)21-10-11-23(31-13-12-28(4)5)25-24(21)22(18(3)27-25)14-17(2)16-26/h7-11,14-16,27H,3,6,12-13,26H2,1-2,4-5H3/b17-16-,22-14+. The van der Waals surface area contributed by atoms with Gasteiger partial charge in [-0.2, -0.15) is 0 Å². The number of hydrogen-bond acceptors (Lipinski definition) is 5. The second-order valence-corrected chi connectivity index (χ2v) is 10.3. The summed E-state index contributed by atoms with van der Waals surface area (Å²) in [5.74, 6) is 0.777. The van der Waals surface area contributed by atoms with Crippen molar-refractivity contribution in [1.82, 2.24) is 9.88 Å². The lowest BCUT2D eigenvalue weighted by Gasteiger charge is -2.13. The summed E-state index contributed by atoms with van der Waals surface area (Å²) in [4.78, 5) is 5.73. The van der Waals surface area contributed by atoms with E-state index in [4.69, 9.17) is 10.5 Å². The van der Waals surface area contributed by atoms with Crippen LogP contribution in [-0.4, -0.2) is 51.3 Å². The van der Waals surface area contributed by atoms with Crippen LogP contribution in [0, 0.1) is 0 Å². The predicted molar refractivity (Wildman–Crippen MR) is 133 cm³/mol. The highest BCUT2D eigenvalue weighted by atomic mass is 32.2. The molecule has 2 aromatic carbocycles. The number of nitrogens with two attached hydrogens (primary N) is 1. The smallest absolute Gasteiger partial charge is 0.178 e. The first-order valence-corrected chi connectivity index (χ1v) is 12.2. The number of allylic oxidation sites excluding steroid dienone is 1. The molecule has 0 atom stereocenters. The van der Waals surface area contributed by atoms with Gasteiger partial charge in [-0.05, 0) is 74.3 Å². The monoisotopic (exact) mass is 453 g/mol. The summed E-state index contributed by atoms with van der Waals surface area (Å²) in [5, 5.41) is 2.56. The van der Waals surface area contributed by atoms with E-state index in [1.807, 2.05) is 45.3 Å². The van der Waals surface area contributed by atoms with E-state index in [0.717, 1.165) is 50.5 Å². The van der Waals surface area contributed by atoms with Gasteiger partial charge < -0.3 is 20.4 Å². The van der Waals surface area contributed by atoms with Gasteiger partial charge in [-0.3, -0.25) is 0 Å². The third-order valence-electron chi connectivity index (χ3n) is 5.35. The Hall–Kier alpha value is -3.03. The molecule has 1 heterocycles. The Labute approximate surface area is 189 Å². The molecular formula is C25H31N3O3S. The Kier molecular flexibility index (Phi) is 7.11. The molecule has 0 aliphatic carbocycles. The second kappa shape index (κ2) is 9.63. The summed E-state index contributed by atoms with van der Waals surface area (Å²) < 4.78 is 31.0. The van der Waals surface area contributed by atoms with Gasteiger partial charge in [0, 0.05) is 22.5 Å². The van der Waals surface area contributed by atoms with Crippen molar-refractivity contribution in [2.24, 2.45) is 5.73 Å². The molecule has 6 nitrogen and oxygen atoms in total. The minimum atomic E-state index is -3.32. The number of ether oxygens (including phenoxy) is 1. The fourth-order valence-corrected chi connectivity index (χ4v) is 4.44. The van der Waals surface area contributed by atoms with Gasteiger partial charge in [0.2, 0.25) is 0 Å². The highest BCUT2D eigenvalue weighted by Crippen LogP contribution is 2.32. The molecule has 0 aliphatic rings. The van der Waals surface area contributed by atoms with Crippen molar-refractivity contribution in [3.05, 3.63) is 58.7 Å². The van der Waals surface area contributed by atoms with Crippen LogP contribution in [0.1, 0.15) is 13.8 Å². The molecule has 170 valence electrons. The summed E-state index contributed by atoms with van der Waals surface area (Å²) >= 11 is 0. The van der Waals surface area contributed by atoms with Crippen molar-refractivity contribution in [2.45, 2.75) is 18.7 Å². The molecule has 3 rings (SSSR count). The molecule has 32 heavy (non-hydrogen) atoms. The zero-order chi connectivity index (χ0) is 23.5. The molecule has 1 aromatic heterocycles.